The van der Waals surface area contributed by atoms with Crippen molar-refractivity contribution in [3.63, 3.8) is 0 Å². The fourth-order valence-electron chi connectivity index (χ4n) is 3.84. The van der Waals surface area contributed by atoms with E-state index in [1.165, 1.54) is 23.0 Å². The summed E-state index contributed by atoms with van der Waals surface area (Å²) in [7, 11) is 0. The molecular weight excluding hydrogens is 401 g/mol. The van der Waals surface area contributed by atoms with Crippen molar-refractivity contribution in [3.05, 3.63) is 42.2 Å². The maximum absolute atomic E-state index is 13.9. The smallest absolute Gasteiger partial charge is 0.276 e. The van der Waals surface area contributed by atoms with Crippen molar-refractivity contribution >= 4 is 28.7 Å². The molecule has 162 valence electrons. The Morgan fingerprint density at radius 2 is 1.81 bits per heavy atom. The second-order valence-corrected chi connectivity index (χ2v) is 8.20. The number of aliphatic hydroxyl groups excluding tert-OH is 1. The average molecular weight is 425 g/mol. The van der Waals surface area contributed by atoms with Crippen LogP contribution in [0.4, 0.5) is 21.6 Å². The van der Waals surface area contributed by atoms with Gasteiger partial charge in [0.25, 0.3) is 5.91 Å². The number of halogens is 1. The first-order chi connectivity index (χ1) is 15.1. The first-order valence-electron chi connectivity index (χ1n) is 10.6. The van der Waals surface area contributed by atoms with Crippen molar-refractivity contribution in [1.82, 2.24) is 19.6 Å². The average Bonchev–Trinajstić information content (AvgIpc) is 3.47. The van der Waals surface area contributed by atoms with Crippen LogP contribution in [0.15, 0.2) is 30.7 Å². The Morgan fingerprint density at radius 3 is 2.55 bits per heavy atom. The predicted octanol–water partition coefficient (Wildman–Crippen LogP) is 2.81. The van der Waals surface area contributed by atoms with Crippen molar-refractivity contribution in [2.45, 2.75) is 56.7 Å². The standard InChI is InChI=1S/C21H24FN7O2/c22-15-10-23-8-7-16(15)27-21(31)18-11-24-20-17(25-12-1-2-12)9-19(28-29(18)20)26-13-3-5-14(30)6-4-13/h7-14,25,30H,1-6H2,(H,26,28)(H,23,27,31). The molecule has 31 heavy (non-hydrogen) atoms. The number of carbonyl (C=O) groups is 1. The van der Waals surface area contributed by atoms with Gasteiger partial charge in [0.2, 0.25) is 0 Å². The molecule has 0 bridgehead atoms. The molecule has 2 saturated carbocycles. The highest BCUT2D eigenvalue weighted by Crippen LogP contribution is 2.30. The summed E-state index contributed by atoms with van der Waals surface area (Å²) in [4.78, 5) is 20.9. The molecule has 0 radical (unpaired) electrons. The van der Waals surface area contributed by atoms with Crippen molar-refractivity contribution in [2.24, 2.45) is 0 Å². The van der Waals surface area contributed by atoms with Crippen LogP contribution in [-0.2, 0) is 0 Å². The Labute approximate surface area is 178 Å². The molecule has 2 aliphatic carbocycles. The van der Waals surface area contributed by atoms with E-state index in [9.17, 15) is 14.3 Å². The van der Waals surface area contributed by atoms with Gasteiger partial charge < -0.3 is 21.1 Å². The molecule has 2 fully saturated rings. The third-order valence-corrected chi connectivity index (χ3v) is 5.71. The van der Waals surface area contributed by atoms with E-state index in [2.05, 4.69) is 31.0 Å². The molecule has 0 unspecified atom stereocenters. The summed E-state index contributed by atoms with van der Waals surface area (Å²) in [6.07, 6.45) is 9.05. The van der Waals surface area contributed by atoms with Crippen molar-refractivity contribution in [2.75, 3.05) is 16.0 Å². The van der Waals surface area contributed by atoms with Crippen LogP contribution < -0.4 is 16.0 Å². The number of nitrogens with zero attached hydrogens (tertiary/aromatic N) is 4. The number of hydrogen-bond donors (Lipinski definition) is 4. The minimum absolute atomic E-state index is 0.0429. The molecule has 1 amide bonds. The van der Waals surface area contributed by atoms with Crippen molar-refractivity contribution in [1.29, 1.82) is 0 Å². The summed E-state index contributed by atoms with van der Waals surface area (Å²) in [5.41, 5.74) is 1.58. The number of imidazole rings is 1. The van der Waals surface area contributed by atoms with E-state index in [4.69, 9.17) is 0 Å². The Morgan fingerprint density at radius 1 is 1.06 bits per heavy atom. The molecule has 0 aliphatic heterocycles. The summed E-state index contributed by atoms with van der Waals surface area (Å²) < 4.78 is 15.4. The number of fused-ring (bicyclic) bond motifs is 1. The lowest BCUT2D eigenvalue weighted by molar-refractivity contribution is 0.101. The quantitative estimate of drug-likeness (QED) is 0.480. The van der Waals surface area contributed by atoms with E-state index in [0.29, 0.717) is 17.5 Å². The molecule has 5 rings (SSSR count). The van der Waals surface area contributed by atoms with Gasteiger partial charge in [-0.05, 0) is 44.6 Å². The fraction of sp³-hybridized carbons (Fsp3) is 0.429. The lowest BCUT2D eigenvalue weighted by Gasteiger charge is -2.26. The number of aliphatic hydroxyl groups is 1. The van der Waals surface area contributed by atoms with Crippen LogP contribution in [0, 0.1) is 5.82 Å². The third kappa shape index (κ3) is 4.29. The second-order valence-electron chi connectivity index (χ2n) is 8.20. The number of nitrogens with one attached hydrogen (secondary N) is 3. The summed E-state index contributed by atoms with van der Waals surface area (Å²) in [5.74, 6) is -0.504. The first kappa shape index (κ1) is 19.7. The Hall–Kier alpha value is -3.27. The zero-order valence-corrected chi connectivity index (χ0v) is 16.9. The van der Waals surface area contributed by atoms with Crippen LogP contribution in [-0.4, -0.2) is 48.8 Å². The van der Waals surface area contributed by atoms with E-state index >= 15 is 0 Å². The molecule has 3 aromatic rings. The van der Waals surface area contributed by atoms with E-state index in [-0.39, 0.29) is 23.5 Å². The highest BCUT2D eigenvalue weighted by molar-refractivity contribution is 6.03. The number of rotatable bonds is 6. The van der Waals surface area contributed by atoms with Gasteiger partial charge in [0.1, 0.15) is 5.82 Å². The van der Waals surface area contributed by atoms with Gasteiger partial charge >= 0.3 is 0 Å². The van der Waals surface area contributed by atoms with Crippen LogP contribution >= 0.6 is 0 Å². The number of hydrogen-bond acceptors (Lipinski definition) is 7. The van der Waals surface area contributed by atoms with Gasteiger partial charge in [0.05, 0.1) is 29.9 Å². The number of pyridine rings is 1. The SMILES string of the molecule is O=C(Nc1ccncc1F)c1cnc2c(NC3CC3)cc(NC3CCC(O)CC3)nn12. The molecule has 4 N–H and O–H groups in total. The molecule has 0 aromatic carbocycles. The first-order valence-corrected chi connectivity index (χ1v) is 10.6. The molecule has 2 aliphatic rings. The summed E-state index contributed by atoms with van der Waals surface area (Å²) in [5, 5.41) is 23.8. The van der Waals surface area contributed by atoms with Gasteiger partial charge in [0.15, 0.2) is 17.2 Å². The van der Waals surface area contributed by atoms with Crippen molar-refractivity contribution in [3.8, 4) is 0 Å². The lowest BCUT2D eigenvalue weighted by atomic mass is 9.93. The third-order valence-electron chi connectivity index (χ3n) is 5.71. The minimum Gasteiger partial charge on any atom is -0.393 e. The number of anilines is 3. The summed E-state index contributed by atoms with van der Waals surface area (Å²) >= 11 is 0. The van der Waals surface area contributed by atoms with E-state index in [1.54, 1.807) is 0 Å². The molecular formula is C21H24FN7O2. The topological polar surface area (TPSA) is 116 Å². The maximum atomic E-state index is 13.9. The summed E-state index contributed by atoms with van der Waals surface area (Å²) in [6.45, 7) is 0. The molecule has 3 heterocycles. The van der Waals surface area contributed by atoms with Gasteiger partial charge in [0, 0.05) is 24.3 Å². The van der Waals surface area contributed by atoms with Gasteiger partial charge in [-0.25, -0.2) is 13.9 Å². The number of aromatic nitrogens is 4. The van der Waals surface area contributed by atoms with Crippen LogP contribution in [0.5, 0.6) is 0 Å². The minimum atomic E-state index is -0.615. The van der Waals surface area contributed by atoms with E-state index in [0.717, 1.165) is 50.4 Å². The van der Waals surface area contributed by atoms with Gasteiger partial charge in [-0.2, -0.15) is 0 Å². The van der Waals surface area contributed by atoms with Gasteiger partial charge in [-0.1, -0.05) is 0 Å². The highest BCUT2D eigenvalue weighted by Gasteiger charge is 2.25. The molecule has 9 nitrogen and oxygen atoms in total. The van der Waals surface area contributed by atoms with Crippen LogP contribution in [0.1, 0.15) is 49.0 Å². The monoisotopic (exact) mass is 425 g/mol. The normalized spacial score (nSPS) is 21.1. The fourth-order valence-corrected chi connectivity index (χ4v) is 3.84. The molecule has 0 spiro atoms. The molecule has 0 atom stereocenters. The van der Waals surface area contributed by atoms with Crippen LogP contribution in [0.25, 0.3) is 5.65 Å². The largest absolute Gasteiger partial charge is 0.393 e. The molecule has 0 saturated heterocycles. The zero-order chi connectivity index (χ0) is 21.4. The zero-order valence-electron chi connectivity index (χ0n) is 16.9. The number of amides is 1. The lowest BCUT2D eigenvalue weighted by Crippen LogP contribution is -2.29. The van der Waals surface area contributed by atoms with E-state index < -0.39 is 11.7 Å². The van der Waals surface area contributed by atoms with Crippen molar-refractivity contribution < 1.29 is 14.3 Å². The van der Waals surface area contributed by atoms with E-state index in [1.807, 2.05) is 6.07 Å². The Balaban J connectivity index is 1.46. The van der Waals surface area contributed by atoms with Crippen LogP contribution in [0.2, 0.25) is 0 Å². The van der Waals surface area contributed by atoms with Gasteiger partial charge in [-0.15, -0.1) is 5.10 Å². The molecule has 3 aromatic heterocycles. The van der Waals surface area contributed by atoms with Gasteiger partial charge in [-0.3, -0.25) is 9.78 Å². The number of carbonyl (C=O) groups excluding carboxylic acids is 1. The Bertz CT molecular complexity index is 1110. The Kier molecular flexibility index (Phi) is 5.14. The summed E-state index contributed by atoms with van der Waals surface area (Å²) in [6, 6.07) is 3.90. The second kappa shape index (κ2) is 8.10. The van der Waals surface area contributed by atoms with Crippen LogP contribution in [0.3, 0.4) is 0 Å². The molecule has 10 heteroatoms. The highest BCUT2D eigenvalue weighted by atomic mass is 19.1. The predicted molar refractivity (Wildman–Crippen MR) is 114 cm³/mol. The maximum Gasteiger partial charge on any atom is 0.276 e.